The quantitative estimate of drug-likeness (QED) is 0.0190. The maximum absolute atomic E-state index is 13.9. The van der Waals surface area contributed by atoms with Gasteiger partial charge in [0.25, 0.3) is 17.1 Å². The van der Waals surface area contributed by atoms with Crippen LogP contribution >= 0.6 is 31.3 Å². The van der Waals surface area contributed by atoms with Crippen LogP contribution < -0.4 is 32.9 Å². The number of nitrogen functional groups attached to an aromatic ring is 2. The number of imidazole rings is 3. The number of allylic oxidation sites excluding steroid dienone is 1. The fraction of sp³-hybridized carbons (Fsp3) is 0.610. The van der Waals surface area contributed by atoms with E-state index < -0.39 is 136 Å². The first-order valence-corrected chi connectivity index (χ1v) is 31.2. The number of ether oxygens (including phenoxy) is 5. The van der Waals surface area contributed by atoms with Crippen molar-refractivity contribution in [2.45, 2.75) is 107 Å². The molecule has 83 heavy (non-hydrogen) atoms. The van der Waals surface area contributed by atoms with Gasteiger partial charge in [-0.05, 0) is 24.8 Å². The molecule has 4 unspecified atom stereocenters. The molecule has 4 aliphatic heterocycles. The molecule has 0 aliphatic carbocycles. The Morgan fingerprint density at radius 1 is 0.759 bits per heavy atom. The summed E-state index contributed by atoms with van der Waals surface area (Å²) in [5.74, 6) is -1.39. The van der Waals surface area contributed by atoms with Crippen LogP contribution in [-0.2, 0) is 75.7 Å². The zero-order chi connectivity index (χ0) is 60.1. The highest BCUT2D eigenvalue weighted by molar-refractivity contribution is 7.66. The number of hydrogen-bond acceptors (Lipinski definition) is 28. The van der Waals surface area contributed by atoms with Gasteiger partial charge in [-0.15, -0.1) is 0 Å². The molecule has 3 saturated heterocycles. The maximum atomic E-state index is 13.9. The minimum atomic E-state index is -6.19. The van der Waals surface area contributed by atoms with Crippen LogP contribution in [0.4, 0.5) is 17.7 Å². The van der Waals surface area contributed by atoms with Crippen LogP contribution in [0.25, 0.3) is 28.0 Å². The molecule has 0 aromatic carbocycles. The molecule has 458 valence electrons. The van der Waals surface area contributed by atoms with Gasteiger partial charge in [0.05, 0.1) is 51.3 Å². The lowest BCUT2D eigenvalue weighted by molar-refractivity contribution is -0.745. The summed E-state index contributed by atoms with van der Waals surface area (Å²) >= 11 is 0. The summed E-state index contributed by atoms with van der Waals surface area (Å²) in [6, 6.07) is 0. The topological polar surface area (TPSA) is 538 Å². The van der Waals surface area contributed by atoms with Gasteiger partial charge < -0.3 is 75.8 Å². The molecule has 38 nitrogen and oxygen atoms in total. The number of hydrogen-bond donors (Lipinski definition) is 12. The number of aliphatic imine (C=N–C) groups is 1. The fourth-order valence-corrected chi connectivity index (χ4v) is 14.3. The number of methoxy groups -OCH3 is 1. The minimum Gasteiger partial charge on any atom is -0.397 e. The number of anilines is 2. The number of aryl methyl sites for hydroxylation is 1. The van der Waals surface area contributed by atoms with Gasteiger partial charge in [0.15, 0.2) is 35.8 Å². The number of aromatic nitrogens is 10. The molecule has 3 fully saturated rings. The third kappa shape index (κ3) is 13.3. The van der Waals surface area contributed by atoms with Crippen molar-refractivity contribution in [3.8, 4) is 0 Å². The van der Waals surface area contributed by atoms with Crippen molar-refractivity contribution < 1.29 is 108 Å². The molecule has 0 amide bonds. The van der Waals surface area contributed by atoms with Crippen molar-refractivity contribution in [3.63, 3.8) is 0 Å². The van der Waals surface area contributed by atoms with Crippen LogP contribution in [0, 0.1) is 5.92 Å². The molecule has 5 aromatic heterocycles. The number of aliphatic hydroxyl groups excluding tert-OH is 3. The van der Waals surface area contributed by atoms with E-state index in [0.717, 1.165) is 23.6 Å². The molecule has 0 spiro atoms. The Labute approximate surface area is 467 Å². The lowest BCUT2D eigenvalue weighted by Gasteiger charge is -2.26. The fourth-order valence-electron chi connectivity index (χ4n) is 9.86. The average molecular weight is 1260 g/mol. The second kappa shape index (κ2) is 24.7. The molecule has 42 heteroatoms. The summed E-state index contributed by atoms with van der Waals surface area (Å²) in [5, 5.41) is 33.5. The number of fused-ring (bicyclic) bond motifs is 3. The summed E-state index contributed by atoms with van der Waals surface area (Å²) < 4.78 is 118. The van der Waals surface area contributed by atoms with Crippen LogP contribution in [0.15, 0.2) is 39.1 Å². The monoisotopic (exact) mass is 1260 g/mol. The zero-order valence-corrected chi connectivity index (χ0v) is 47.8. The van der Waals surface area contributed by atoms with Gasteiger partial charge in [-0.2, -0.15) is 13.6 Å². The molecular weight excluding hydrogens is 1200 g/mol. The number of aromatic amines is 2. The lowest BCUT2D eigenvalue weighted by atomic mass is 9.95. The SMILES string of the molecule is CCCOCC[C@H]1[C@@H](O)[C@H]([n+]2cn(C)c3c(=O)[nH]c(N)nc32)O[C@@H]1COP(=O)(O)OP(=O)(O)OP(=O)(O)OC[C@H]1O[C@@H](n2cnc3c2N=CCC(CC)=C3N)[C@H](OC)[C@@H]1OP(=O)(O)OC[C@H]1O[C@@H](n2cnc3c(=O)[nH]c(N)nc32)[C@H](O)[C@@H]1O. The molecule has 9 heterocycles. The van der Waals surface area contributed by atoms with Gasteiger partial charge in [0, 0.05) is 38.9 Å². The van der Waals surface area contributed by atoms with Crippen LogP contribution in [0.3, 0.4) is 0 Å². The van der Waals surface area contributed by atoms with E-state index in [9.17, 15) is 62.7 Å². The van der Waals surface area contributed by atoms with E-state index in [4.69, 9.17) is 59.0 Å². The van der Waals surface area contributed by atoms with Crippen LogP contribution in [-0.4, -0.2) is 174 Å². The first kappa shape index (κ1) is 62.5. The van der Waals surface area contributed by atoms with Crippen molar-refractivity contribution in [1.82, 2.24) is 43.6 Å². The predicted octanol–water partition coefficient (Wildman–Crippen LogP) is -0.978. The van der Waals surface area contributed by atoms with Crippen molar-refractivity contribution in [1.29, 1.82) is 0 Å². The number of phosphoric ester groups is 3. The second-order valence-electron chi connectivity index (χ2n) is 19.2. The van der Waals surface area contributed by atoms with E-state index >= 15 is 0 Å². The Kier molecular flexibility index (Phi) is 18.6. The smallest absolute Gasteiger partial charge is 0.397 e. The highest BCUT2D eigenvalue weighted by Crippen LogP contribution is 2.68. The number of aliphatic hydroxyl groups is 3. The first-order valence-electron chi connectivity index (χ1n) is 25.2. The second-order valence-corrected chi connectivity index (χ2v) is 25.2. The number of H-pyrrole nitrogens is 2. The van der Waals surface area contributed by atoms with E-state index in [1.807, 2.05) is 13.8 Å². The number of phosphoric acid groups is 4. The van der Waals surface area contributed by atoms with E-state index in [1.54, 1.807) is 6.21 Å². The summed E-state index contributed by atoms with van der Waals surface area (Å²) in [6.07, 6.45) is -10.5. The maximum Gasteiger partial charge on any atom is 0.490 e. The van der Waals surface area contributed by atoms with E-state index in [1.165, 1.54) is 33.4 Å². The van der Waals surface area contributed by atoms with E-state index in [2.05, 4.69) is 43.5 Å². The molecule has 15 N–H and O–H groups in total. The van der Waals surface area contributed by atoms with Crippen molar-refractivity contribution >= 4 is 83.2 Å². The highest BCUT2D eigenvalue weighted by Gasteiger charge is 2.54. The van der Waals surface area contributed by atoms with E-state index in [-0.39, 0.29) is 64.5 Å². The number of nitrogens with zero attached hydrogens (tertiary/aromatic N) is 9. The molecular formula is C41H61N14O24P4+. The van der Waals surface area contributed by atoms with Crippen molar-refractivity contribution in [2.24, 2.45) is 23.7 Å². The molecule has 0 radical (unpaired) electrons. The Balaban J connectivity index is 0.889. The molecule has 5 aromatic rings. The summed E-state index contributed by atoms with van der Waals surface area (Å²) in [7, 11) is -20.8. The van der Waals surface area contributed by atoms with Gasteiger partial charge >= 0.3 is 36.9 Å². The highest BCUT2D eigenvalue weighted by atomic mass is 31.3. The molecule has 9 rings (SSSR count). The third-order valence-corrected chi connectivity index (χ3v) is 18.9. The lowest BCUT2D eigenvalue weighted by Crippen LogP contribution is -2.45. The van der Waals surface area contributed by atoms with Crippen LogP contribution in [0.5, 0.6) is 0 Å². The normalized spacial score (nSPS) is 29.5. The number of nitrogens with one attached hydrogen (secondary N) is 2. The predicted molar refractivity (Wildman–Crippen MR) is 279 cm³/mol. The average Bonchev–Trinajstić information content (AvgIpc) is 4.47. The first-order chi connectivity index (χ1) is 39.2. The molecule has 16 atom stereocenters. The number of nitrogens with two attached hydrogens (primary N) is 3. The standard InChI is InChI=1S/C41H60N14O24P4/c1-5-10-70-11-8-19-20(74-37(27(19)56)55-17-52(3)26-34(55)49-41(44)51-36(26)60)12-72-81(63,64)78-83(67,68)79-82(65,66)73-14-22-30(31(69-4)39(76-22)53-15-46-24-23(42)18(6-2)7-9-45-32(24)53)77-80(61,62)71-13-21-28(57)29(58)38(75-21)54-16-47-25-33(54)48-40(43)50-35(25)59/h9,15-17,19-22,27-31,37-39,56-58H,5-8,10-14,42H2,1-4H3,(H9-,43,44,48,49,50,51,59,60,61,62,63,64,65,66,67,68)/p+1/t19-,20-,21-,22-,27-,28-,29-,30-,31-,37-,38-,39-/m1/s1. The summed E-state index contributed by atoms with van der Waals surface area (Å²) in [5.41, 5.74) is 17.6. The molecule has 0 bridgehead atoms. The van der Waals surface area contributed by atoms with Gasteiger partial charge in [-0.1, -0.05) is 18.8 Å². The Morgan fingerprint density at radius 3 is 2.08 bits per heavy atom. The zero-order valence-electron chi connectivity index (χ0n) is 44.2. The van der Waals surface area contributed by atoms with Crippen molar-refractivity contribution in [2.75, 3.05) is 51.6 Å². The summed E-state index contributed by atoms with van der Waals surface area (Å²) in [6.45, 7) is 1.01. The largest absolute Gasteiger partial charge is 0.490 e. The van der Waals surface area contributed by atoms with Crippen LogP contribution in [0.1, 0.15) is 63.9 Å². The number of rotatable bonds is 25. The third-order valence-electron chi connectivity index (χ3n) is 13.7. The summed E-state index contributed by atoms with van der Waals surface area (Å²) in [4.78, 5) is 94.0. The van der Waals surface area contributed by atoms with Crippen LogP contribution in [0.2, 0.25) is 0 Å². The Morgan fingerprint density at radius 2 is 1.40 bits per heavy atom. The van der Waals surface area contributed by atoms with Gasteiger partial charge in [-0.25, -0.2) is 37.8 Å². The van der Waals surface area contributed by atoms with Gasteiger partial charge in [-0.3, -0.25) is 51.4 Å². The Hall–Kier alpha value is -5.08. The van der Waals surface area contributed by atoms with Crippen molar-refractivity contribution in [3.05, 3.63) is 51.0 Å². The molecule has 0 saturated carbocycles. The molecule has 4 aliphatic rings. The Bertz CT molecular complexity index is 3590. The minimum absolute atomic E-state index is 0.00128. The van der Waals surface area contributed by atoms with E-state index in [0.29, 0.717) is 25.9 Å². The van der Waals surface area contributed by atoms with Gasteiger partial charge in [0.1, 0.15) is 48.4 Å². The van der Waals surface area contributed by atoms with Gasteiger partial charge in [0.2, 0.25) is 17.7 Å².